The molecule has 32 heavy (non-hydrogen) atoms. The Balaban J connectivity index is 1.31. The molecule has 4 rings (SSSR count). The van der Waals surface area contributed by atoms with Crippen molar-refractivity contribution in [3.8, 4) is 16.9 Å². The second-order valence-corrected chi connectivity index (χ2v) is 7.23. The van der Waals surface area contributed by atoms with Crippen LogP contribution in [0.5, 0.6) is 5.75 Å². The molecule has 6 nitrogen and oxygen atoms in total. The predicted octanol–water partition coefficient (Wildman–Crippen LogP) is 4.89. The summed E-state index contributed by atoms with van der Waals surface area (Å²) in [5, 5.41) is 16.8. The van der Waals surface area contributed by atoms with E-state index in [2.05, 4.69) is 22.8 Å². The zero-order valence-electron chi connectivity index (χ0n) is 17.4. The summed E-state index contributed by atoms with van der Waals surface area (Å²) >= 11 is 0. The topological polar surface area (TPSA) is 77.3 Å². The Morgan fingerprint density at radius 2 is 1.59 bits per heavy atom. The molecule has 1 heterocycles. The zero-order chi connectivity index (χ0) is 22.2. The Labute approximate surface area is 186 Å². The number of para-hydroxylation sites is 1. The van der Waals surface area contributed by atoms with E-state index in [-0.39, 0.29) is 12.6 Å². The number of pyridine rings is 1. The summed E-state index contributed by atoms with van der Waals surface area (Å²) in [4.78, 5) is 12.1. The maximum Gasteiger partial charge on any atom is 0.319 e. The average Bonchev–Trinajstić information content (AvgIpc) is 2.83. The molecule has 0 aliphatic heterocycles. The van der Waals surface area contributed by atoms with Gasteiger partial charge in [-0.25, -0.2) is 4.79 Å². The first-order valence-corrected chi connectivity index (χ1v) is 10.3. The van der Waals surface area contributed by atoms with Gasteiger partial charge in [0.25, 0.3) is 0 Å². The smallest absolute Gasteiger partial charge is 0.319 e. The number of rotatable bonds is 7. The number of nitrogens with one attached hydrogen (secondary N) is 2. The fourth-order valence-electron chi connectivity index (χ4n) is 3.26. The molecule has 4 aromatic rings. The first-order chi connectivity index (χ1) is 15.7. The minimum absolute atomic E-state index is 0.266. The Hall–Kier alpha value is -4.32. The first kappa shape index (κ1) is 20.9. The number of nitrogens with zero attached hydrogens (tertiary/aromatic N) is 1. The number of urea groups is 1. The maximum absolute atomic E-state index is 12.1. The monoisotopic (exact) mass is 425 g/mol. The van der Waals surface area contributed by atoms with E-state index in [4.69, 9.17) is 4.74 Å². The standard InChI is InChI=1S/C26H23N3O3/c30-26(27-17-21-7-6-16-29(31)18-21)28-23-14-12-20(13-15-23)19-32-25-11-5-4-10-24(25)22-8-2-1-3-9-22/h1-16,18H,17,19H2,(H2,27,28,30). The maximum atomic E-state index is 12.1. The molecule has 1 aromatic heterocycles. The lowest BCUT2D eigenvalue weighted by Crippen LogP contribution is -2.30. The fraction of sp³-hybridized carbons (Fsp3) is 0.0769. The van der Waals surface area contributed by atoms with Gasteiger partial charge >= 0.3 is 6.03 Å². The normalized spacial score (nSPS) is 10.4. The molecular weight excluding hydrogens is 402 g/mol. The van der Waals surface area contributed by atoms with E-state index in [1.807, 2.05) is 66.7 Å². The van der Waals surface area contributed by atoms with Crippen LogP contribution in [0, 0.1) is 5.21 Å². The number of ether oxygens (including phenoxy) is 1. The van der Waals surface area contributed by atoms with E-state index in [0.29, 0.717) is 17.0 Å². The Morgan fingerprint density at radius 3 is 2.38 bits per heavy atom. The quantitative estimate of drug-likeness (QED) is 0.327. The van der Waals surface area contributed by atoms with Gasteiger partial charge in [-0.2, -0.15) is 4.73 Å². The van der Waals surface area contributed by atoms with Gasteiger partial charge in [0, 0.05) is 22.9 Å². The van der Waals surface area contributed by atoms with Crippen LogP contribution in [0.1, 0.15) is 11.1 Å². The molecule has 0 aliphatic carbocycles. The summed E-state index contributed by atoms with van der Waals surface area (Å²) in [5.41, 5.74) is 4.53. The van der Waals surface area contributed by atoms with E-state index in [0.717, 1.165) is 28.0 Å². The van der Waals surface area contributed by atoms with E-state index >= 15 is 0 Å². The lowest BCUT2D eigenvalue weighted by atomic mass is 10.0. The molecule has 0 fully saturated rings. The van der Waals surface area contributed by atoms with Crippen molar-refractivity contribution < 1.29 is 14.3 Å². The van der Waals surface area contributed by atoms with Crippen LogP contribution in [0.3, 0.4) is 0 Å². The number of hydrogen-bond acceptors (Lipinski definition) is 3. The van der Waals surface area contributed by atoms with Gasteiger partial charge in [0.2, 0.25) is 0 Å². The lowest BCUT2D eigenvalue weighted by molar-refractivity contribution is -0.605. The molecule has 0 spiro atoms. The highest BCUT2D eigenvalue weighted by Crippen LogP contribution is 2.30. The minimum Gasteiger partial charge on any atom is -0.619 e. The van der Waals surface area contributed by atoms with Crippen molar-refractivity contribution in [2.75, 3.05) is 5.32 Å². The van der Waals surface area contributed by atoms with Gasteiger partial charge in [0.15, 0.2) is 12.4 Å². The average molecular weight is 425 g/mol. The van der Waals surface area contributed by atoms with Gasteiger partial charge in [0.05, 0.1) is 6.54 Å². The van der Waals surface area contributed by atoms with Gasteiger partial charge in [-0.1, -0.05) is 60.7 Å². The van der Waals surface area contributed by atoms with E-state index in [1.165, 1.54) is 12.4 Å². The third-order valence-electron chi connectivity index (χ3n) is 4.87. The van der Waals surface area contributed by atoms with E-state index in [1.54, 1.807) is 12.1 Å². The number of hydrogen-bond donors (Lipinski definition) is 2. The van der Waals surface area contributed by atoms with Crippen LogP contribution in [0.2, 0.25) is 0 Å². The van der Waals surface area contributed by atoms with Crippen LogP contribution in [-0.2, 0) is 13.2 Å². The summed E-state index contributed by atoms with van der Waals surface area (Å²) < 4.78 is 6.77. The highest BCUT2D eigenvalue weighted by molar-refractivity contribution is 5.89. The number of carbonyl (C=O) groups excluding carboxylic acids is 1. The van der Waals surface area contributed by atoms with Gasteiger partial charge < -0.3 is 20.6 Å². The third-order valence-corrected chi connectivity index (χ3v) is 4.87. The van der Waals surface area contributed by atoms with Gasteiger partial charge in [-0.15, -0.1) is 0 Å². The van der Waals surface area contributed by atoms with Crippen LogP contribution in [0.4, 0.5) is 10.5 Å². The summed E-state index contributed by atoms with van der Waals surface area (Å²) in [6.07, 6.45) is 2.82. The Kier molecular flexibility index (Phi) is 6.63. The second kappa shape index (κ2) is 10.1. The lowest BCUT2D eigenvalue weighted by Gasteiger charge is -2.12. The number of benzene rings is 3. The van der Waals surface area contributed by atoms with Gasteiger partial charge in [-0.3, -0.25) is 0 Å². The Morgan fingerprint density at radius 1 is 0.844 bits per heavy atom. The first-order valence-electron chi connectivity index (χ1n) is 10.3. The van der Waals surface area contributed by atoms with E-state index in [9.17, 15) is 10.0 Å². The number of carbonyl (C=O) groups is 1. The minimum atomic E-state index is -0.341. The van der Waals surface area contributed by atoms with E-state index < -0.39 is 0 Å². The number of aromatic nitrogens is 1. The molecule has 0 saturated carbocycles. The van der Waals surface area contributed by atoms with Crippen LogP contribution < -0.4 is 20.1 Å². The van der Waals surface area contributed by atoms with Crippen molar-refractivity contribution in [2.45, 2.75) is 13.2 Å². The summed E-state index contributed by atoms with van der Waals surface area (Å²) in [7, 11) is 0. The fourth-order valence-corrected chi connectivity index (χ4v) is 3.26. The van der Waals surface area contributed by atoms with Crippen molar-refractivity contribution in [3.63, 3.8) is 0 Å². The summed E-state index contributed by atoms with van der Waals surface area (Å²) in [6, 6.07) is 28.7. The highest BCUT2D eigenvalue weighted by atomic mass is 16.5. The van der Waals surface area contributed by atoms with Crippen LogP contribution >= 0.6 is 0 Å². The molecule has 0 atom stereocenters. The SMILES string of the molecule is O=C(NCc1ccc[n+]([O-])c1)Nc1ccc(COc2ccccc2-c2ccccc2)cc1. The van der Waals surface area contributed by atoms with Crippen LogP contribution in [-0.4, -0.2) is 6.03 Å². The molecular formula is C26H23N3O3. The largest absolute Gasteiger partial charge is 0.619 e. The van der Waals surface area contributed by atoms with Crippen LogP contribution in [0.25, 0.3) is 11.1 Å². The number of amides is 2. The molecule has 0 unspecified atom stereocenters. The van der Waals surface area contributed by atoms with Crippen molar-refractivity contribution in [1.29, 1.82) is 0 Å². The van der Waals surface area contributed by atoms with Crippen molar-refractivity contribution in [2.24, 2.45) is 0 Å². The predicted molar refractivity (Wildman–Crippen MR) is 124 cm³/mol. The second-order valence-electron chi connectivity index (χ2n) is 7.23. The van der Waals surface area contributed by atoms with Gasteiger partial charge in [0.1, 0.15) is 12.4 Å². The highest BCUT2D eigenvalue weighted by Gasteiger charge is 2.07. The zero-order valence-corrected chi connectivity index (χ0v) is 17.4. The molecule has 2 amide bonds. The molecule has 6 heteroatoms. The third kappa shape index (κ3) is 5.64. The molecule has 0 bridgehead atoms. The van der Waals surface area contributed by atoms with Crippen molar-refractivity contribution >= 4 is 11.7 Å². The molecule has 0 saturated heterocycles. The number of anilines is 1. The molecule has 3 aromatic carbocycles. The van der Waals surface area contributed by atoms with Crippen molar-refractivity contribution in [1.82, 2.24) is 5.32 Å². The van der Waals surface area contributed by atoms with Crippen molar-refractivity contribution in [3.05, 3.63) is 120 Å². The summed E-state index contributed by atoms with van der Waals surface area (Å²) in [6.45, 7) is 0.682. The van der Waals surface area contributed by atoms with Gasteiger partial charge in [-0.05, 0) is 35.4 Å². The Bertz CT molecular complexity index is 1180. The molecule has 0 radical (unpaired) electrons. The molecule has 0 aliphatic rings. The molecule has 2 N–H and O–H groups in total. The molecule has 160 valence electrons. The summed E-state index contributed by atoms with van der Waals surface area (Å²) in [5.74, 6) is 0.820. The van der Waals surface area contributed by atoms with Crippen LogP contribution in [0.15, 0.2) is 103 Å².